The number of nitrogens with one attached hydrogen (secondary N) is 1. The van der Waals surface area contributed by atoms with Crippen LogP contribution in [0.15, 0.2) is 49.1 Å². The molecule has 0 saturated carbocycles. The fourth-order valence-corrected chi connectivity index (χ4v) is 2.52. The Morgan fingerprint density at radius 2 is 2.20 bits per heavy atom. The Kier molecular flexibility index (Phi) is 3.48. The van der Waals surface area contributed by atoms with Gasteiger partial charge >= 0.3 is 0 Å². The molecule has 2 aromatic heterocycles. The molecule has 20 heavy (non-hydrogen) atoms. The predicted molar refractivity (Wildman–Crippen MR) is 80.5 cm³/mol. The molecular formula is C16H18N4. The van der Waals surface area contributed by atoms with E-state index in [4.69, 9.17) is 0 Å². The van der Waals surface area contributed by atoms with E-state index in [2.05, 4.69) is 51.0 Å². The number of imidazole rings is 1. The molecule has 0 aliphatic rings. The number of hydrogen-bond acceptors (Lipinski definition) is 3. The first kappa shape index (κ1) is 12.8. The maximum atomic E-state index is 4.37. The van der Waals surface area contributed by atoms with Gasteiger partial charge in [-0.25, -0.2) is 4.98 Å². The molecule has 2 heterocycles. The van der Waals surface area contributed by atoms with Crippen molar-refractivity contribution >= 4 is 10.9 Å². The summed E-state index contributed by atoms with van der Waals surface area (Å²) < 4.78 is 2.06. The highest BCUT2D eigenvalue weighted by atomic mass is 15.1. The molecule has 3 aromatic rings. The molecule has 0 saturated heterocycles. The van der Waals surface area contributed by atoms with E-state index in [-0.39, 0.29) is 6.04 Å². The van der Waals surface area contributed by atoms with Crippen LogP contribution >= 0.6 is 0 Å². The van der Waals surface area contributed by atoms with Gasteiger partial charge in [-0.1, -0.05) is 19.1 Å². The lowest BCUT2D eigenvalue weighted by Gasteiger charge is -2.19. The minimum Gasteiger partial charge on any atom is -0.336 e. The Hall–Kier alpha value is -2.20. The first-order chi connectivity index (χ1) is 9.79. The Morgan fingerprint density at radius 1 is 1.30 bits per heavy atom. The lowest BCUT2D eigenvalue weighted by molar-refractivity contribution is 0.594. The van der Waals surface area contributed by atoms with Crippen LogP contribution in [0.1, 0.15) is 24.2 Å². The lowest BCUT2D eigenvalue weighted by Crippen LogP contribution is -2.23. The van der Waals surface area contributed by atoms with Crippen LogP contribution in [0, 0.1) is 0 Å². The summed E-state index contributed by atoms with van der Waals surface area (Å²) in [4.78, 5) is 8.59. The van der Waals surface area contributed by atoms with Gasteiger partial charge in [0.2, 0.25) is 0 Å². The number of pyridine rings is 1. The smallest absolute Gasteiger partial charge is 0.0946 e. The van der Waals surface area contributed by atoms with E-state index in [1.54, 1.807) is 0 Å². The van der Waals surface area contributed by atoms with E-state index in [1.807, 2.05) is 31.8 Å². The lowest BCUT2D eigenvalue weighted by atomic mass is 10.0. The predicted octanol–water partition coefficient (Wildman–Crippen LogP) is 2.67. The fourth-order valence-electron chi connectivity index (χ4n) is 2.52. The van der Waals surface area contributed by atoms with Crippen LogP contribution < -0.4 is 5.32 Å². The molecule has 4 heteroatoms. The Labute approximate surface area is 118 Å². The summed E-state index contributed by atoms with van der Waals surface area (Å²) in [5, 5.41) is 4.69. The van der Waals surface area contributed by atoms with Gasteiger partial charge in [0.05, 0.1) is 29.8 Å². The molecule has 3 rings (SSSR count). The van der Waals surface area contributed by atoms with Gasteiger partial charge in [-0.05, 0) is 30.3 Å². The standard InChI is InChI=1S/C16H18N4/c1-3-18-16(15-10-17-11-20(15)2)13-6-7-14-12(9-13)5-4-8-19-14/h4-11,16,18H,3H2,1-2H3. The maximum absolute atomic E-state index is 4.37. The van der Waals surface area contributed by atoms with Crippen molar-refractivity contribution in [3.05, 3.63) is 60.3 Å². The molecule has 0 radical (unpaired) electrons. The maximum Gasteiger partial charge on any atom is 0.0946 e. The normalized spacial score (nSPS) is 12.7. The highest BCUT2D eigenvalue weighted by molar-refractivity contribution is 5.79. The summed E-state index contributed by atoms with van der Waals surface area (Å²) in [7, 11) is 2.02. The van der Waals surface area contributed by atoms with Crippen molar-refractivity contribution in [3.8, 4) is 0 Å². The summed E-state index contributed by atoms with van der Waals surface area (Å²) in [6, 6.07) is 10.6. The summed E-state index contributed by atoms with van der Waals surface area (Å²) >= 11 is 0. The molecule has 1 atom stereocenters. The van der Waals surface area contributed by atoms with E-state index in [0.717, 1.165) is 23.1 Å². The quantitative estimate of drug-likeness (QED) is 0.789. The zero-order valence-corrected chi connectivity index (χ0v) is 11.7. The molecule has 1 aromatic carbocycles. The second-order valence-electron chi connectivity index (χ2n) is 4.88. The average Bonchev–Trinajstić information content (AvgIpc) is 2.90. The van der Waals surface area contributed by atoms with Gasteiger partial charge in [-0.15, -0.1) is 0 Å². The number of aryl methyl sites for hydroxylation is 1. The fraction of sp³-hybridized carbons (Fsp3) is 0.250. The number of rotatable bonds is 4. The van der Waals surface area contributed by atoms with E-state index in [0.29, 0.717) is 0 Å². The molecule has 102 valence electrons. The number of hydrogen-bond donors (Lipinski definition) is 1. The highest BCUT2D eigenvalue weighted by Gasteiger charge is 2.16. The SMILES string of the molecule is CCNC(c1ccc2ncccc2c1)c1cncn1C. The molecule has 0 aliphatic carbocycles. The average molecular weight is 266 g/mol. The first-order valence-corrected chi connectivity index (χ1v) is 6.84. The molecule has 1 N–H and O–H groups in total. The summed E-state index contributed by atoms with van der Waals surface area (Å²) in [5.74, 6) is 0. The van der Waals surface area contributed by atoms with Gasteiger partial charge in [0.25, 0.3) is 0 Å². The first-order valence-electron chi connectivity index (χ1n) is 6.84. The van der Waals surface area contributed by atoms with Crippen molar-refractivity contribution in [3.63, 3.8) is 0 Å². The van der Waals surface area contributed by atoms with E-state index < -0.39 is 0 Å². The van der Waals surface area contributed by atoms with E-state index in [9.17, 15) is 0 Å². The van der Waals surface area contributed by atoms with Crippen molar-refractivity contribution in [2.24, 2.45) is 7.05 Å². The Bertz CT molecular complexity index is 717. The molecule has 1 unspecified atom stereocenters. The molecule has 0 aliphatic heterocycles. The number of benzene rings is 1. The molecule has 0 spiro atoms. The van der Waals surface area contributed by atoms with Crippen molar-refractivity contribution in [1.82, 2.24) is 19.9 Å². The minimum absolute atomic E-state index is 0.150. The van der Waals surface area contributed by atoms with Crippen LogP contribution in [0.25, 0.3) is 10.9 Å². The highest BCUT2D eigenvalue weighted by Crippen LogP contribution is 2.24. The molecule has 0 bridgehead atoms. The topological polar surface area (TPSA) is 42.7 Å². The zero-order chi connectivity index (χ0) is 13.9. The van der Waals surface area contributed by atoms with Gasteiger partial charge in [-0.2, -0.15) is 0 Å². The Morgan fingerprint density at radius 3 is 2.95 bits per heavy atom. The van der Waals surface area contributed by atoms with Crippen molar-refractivity contribution in [1.29, 1.82) is 0 Å². The minimum atomic E-state index is 0.150. The second-order valence-corrected chi connectivity index (χ2v) is 4.88. The molecule has 0 amide bonds. The van der Waals surface area contributed by atoms with Crippen LogP contribution in [0.3, 0.4) is 0 Å². The van der Waals surface area contributed by atoms with Gasteiger partial charge in [0.15, 0.2) is 0 Å². The Balaban J connectivity index is 2.07. The van der Waals surface area contributed by atoms with Crippen LogP contribution in [-0.2, 0) is 7.05 Å². The van der Waals surface area contributed by atoms with Crippen LogP contribution in [0.2, 0.25) is 0 Å². The van der Waals surface area contributed by atoms with Gasteiger partial charge in [-0.3, -0.25) is 4.98 Å². The monoisotopic (exact) mass is 266 g/mol. The van der Waals surface area contributed by atoms with Crippen molar-refractivity contribution in [2.45, 2.75) is 13.0 Å². The van der Waals surface area contributed by atoms with E-state index >= 15 is 0 Å². The molecular weight excluding hydrogens is 248 g/mol. The van der Waals surface area contributed by atoms with Crippen molar-refractivity contribution < 1.29 is 0 Å². The summed E-state index contributed by atoms with van der Waals surface area (Å²) in [6.07, 6.45) is 5.58. The molecule has 0 fully saturated rings. The number of fused-ring (bicyclic) bond motifs is 1. The summed E-state index contributed by atoms with van der Waals surface area (Å²) in [5.41, 5.74) is 3.42. The molecule has 4 nitrogen and oxygen atoms in total. The van der Waals surface area contributed by atoms with Crippen LogP contribution in [0.4, 0.5) is 0 Å². The van der Waals surface area contributed by atoms with Gasteiger partial charge < -0.3 is 9.88 Å². The van der Waals surface area contributed by atoms with Crippen LogP contribution in [0.5, 0.6) is 0 Å². The third-order valence-electron chi connectivity index (χ3n) is 3.52. The van der Waals surface area contributed by atoms with Gasteiger partial charge in [0.1, 0.15) is 0 Å². The largest absolute Gasteiger partial charge is 0.336 e. The second kappa shape index (κ2) is 5.43. The number of nitrogens with zero attached hydrogens (tertiary/aromatic N) is 3. The van der Waals surface area contributed by atoms with Crippen LogP contribution in [-0.4, -0.2) is 21.1 Å². The summed E-state index contributed by atoms with van der Waals surface area (Å²) in [6.45, 7) is 3.02. The van der Waals surface area contributed by atoms with E-state index in [1.165, 1.54) is 5.56 Å². The number of aromatic nitrogens is 3. The third kappa shape index (κ3) is 2.30. The van der Waals surface area contributed by atoms with Crippen molar-refractivity contribution in [2.75, 3.05) is 6.54 Å². The van der Waals surface area contributed by atoms with Gasteiger partial charge in [0, 0.05) is 18.6 Å². The third-order valence-corrected chi connectivity index (χ3v) is 3.52. The zero-order valence-electron chi connectivity index (χ0n) is 11.7.